The third-order valence-corrected chi connectivity index (χ3v) is 4.21. The first-order valence-corrected chi connectivity index (χ1v) is 8.13. The average molecular weight is 321 g/mol. The maximum absolute atomic E-state index is 5.88. The van der Waals surface area contributed by atoms with Crippen LogP contribution in [0.4, 0.5) is 0 Å². The first-order chi connectivity index (χ1) is 11.9. The lowest BCUT2D eigenvalue weighted by molar-refractivity contribution is -0.0352. The van der Waals surface area contributed by atoms with E-state index in [0.717, 1.165) is 42.2 Å². The van der Waals surface area contributed by atoms with Crippen molar-refractivity contribution < 1.29 is 9.26 Å². The van der Waals surface area contributed by atoms with Gasteiger partial charge in [0.25, 0.3) is 0 Å². The zero-order chi connectivity index (χ0) is 16.2. The zero-order valence-electron chi connectivity index (χ0n) is 13.3. The Hall–Kier alpha value is -2.50. The van der Waals surface area contributed by atoms with Crippen LogP contribution in [0.3, 0.4) is 0 Å². The number of benzene rings is 1. The Morgan fingerprint density at radius 2 is 2.04 bits per heavy atom. The lowest BCUT2D eigenvalue weighted by Crippen LogP contribution is -2.37. The molecule has 1 atom stereocenters. The summed E-state index contributed by atoms with van der Waals surface area (Å²) >= 11 is 0. The molecular formula is C19H19N3O2. The highest BCUT2D eigenvalue weighted by Gasteiger charge is 2.23. The summed E-state index contributed by atoms with van der Waals surface area (Å²) in [6.07, 6.45) is 3.71. The van der Waals surface area contributed by atoms with Gasteiger partial charge in [0.15, 0.2) is 5.76 Å². The summed E-state index contributed by atoms with van der Waals surface area (Å²) in [5, 5.41) is 4.19. The molecule has 5 nitrogen and oxygen atoms in total. The molecule has 0 bridgehead atoms. The molecule has 1 saturated heterocycles. The van der Waals surface area contributed by atoms with Crippen LogP contribution in [0.25, 0.3) is 11.3 Å². The Balaban J connectivity index is 1.43. The smallest absolute Gasteiger partial charge is 0.151 e. The minimum absolute atomic E-state index is 0.0592. The lowest BCUT2D eigenvalue weighted by atomic mass is 10.1. The summed E-state index contributed by atoms with van der Waals surface area (Å²) in [4.78, 5) is 6.51. The Morgan fingerprint density at radius 3 is 2.88 bits per heavy atom. The molecule has 3 heterocycles. The molecule has 0 saturated carbocycles. The monoisotopic (exact) mass is 321 g/mol. The molecule has 0 aliphatic carbocycles. The lowest BCUT2D eigenvalue weighted by Gasteiger charge is -2.32. The van der Waals surface area contributed by atoms with Gasteiger partial charge in [-0.2, -0.15) is 0 Å². The fraction of sp³-hybridized carbons (Fsp3) is 0.263. The van der Waals surface area contributed by atoms with E-state index in [-0.39, 0.29) is 6.10 Å². The van der Waals surface area contributed by atoms with Crippen molar-refractivity contribution in [1.29, 1.82) is 0 Å². The summed E-state index contributed by atoms with van der Waals surface area (Å²) in [6.45, 7) is 3.16. The van der Waals surface area contributed by atoms with Gasteiger partial charge >= 0.3 is 0 Å². The van der Waals surface area contributed by atoms with Gasteiger partial charge in [-0.15, -0.1) is 0 Å². The molecule has 0 unspecified atom stereocenters. The molecule has 1 aliphatic heterocycles. The number of pyridine rings is 1. The summed E-state index contributed by atoms with van der Waals surface area (Å²) in [6, 6.07) is 16.1. The summed E-state index contributed by atoms with van der Waals surface area (Å²) in [7, 11) is 0. The molecule has 0 amide bonds. The molecule has 24 heavy (non-hydrogen) atoms. The van der Waals surface area contributed by atoms with E-state index in [1.54, 1.807) is 6.20 Å². The van der Waals surface area contributed by atoms with Gasteiger partial charge < -0.3 is 9.26 Å². The molecule has 2 aromatic heterocycles. The van der Waals surface area contributed by atoms with Crippen molar-refractivity contribution in [3.63, 3.8) is 0 Å². The molecule has 0 N–H and O–H groups in total. The van der Waals surface area contributed by atoms with E-state index in [1.807, 2.05) is 48.7 Å². The summed E-state index contributed by atoms with van der Waals surface area (Å²) in [5.41, 5.74) is 3.06. The van der Waals surface area contributed by atoms with Crippen LogP contribution in [0.1, 0.15) is 17.4 Å². The second-order valence-electron chi connectivity index (χ2n) is 5.93. The largest absolute Gasteiger partial charge is 0.371 e. The first kappa shape index (κ1) is 15.1. The minimum atomic E-state index is 0.0592. The van der Waals surface area contributed by atoms with Crippen molar-refractivity contribution in [2.24, 2.45) is 0 Å². The molecule has 1 aromatic carbocycles. The molecule has 122 valence electrons. The van der Waals surface area contributed by atoms with E-state index in [9.17, 15) is 0 Å². The normalized spacial score (nSPS) is 18.6. The van der Waals surface area contributed by atoms with E-state index in [2.05, 4.69) is 21.1 Å². The van der Waals surface area contributed by atoms with Crippen molar-refractivity contribution in [2.75, 3.05) is 19.7 Å². The van der Waals surface area contributed by atoms with Crippen molar-refractivity contribution in [2.45, 2.75) is 12.6 Å². The fourth-order valence-electron chi connectivity index (χ4n) is 2.97. The highest BCUT2D eigenvalue weighted by molar-refractivity contribution is 5.58. The highest BCUT2D eigenvalue weighted by Crippen LogP contribution is 2.24. The van der Waals surface area contributed by atoms with Gasteiger partial charge in [0.05, 0.1) is 19.3 Å². The Morgan fingerprint density at radius 1 is 1.12 bits per heavy atom. The number of hydrogen-bond acceptors (Lipinski definition) is 5. The first-order valence-electron chi connectivity index (χ1n) is 8.13. The number of morpholine rings is 1. The highest BCUT2D eigenvalue weighted by atomic mass is 16.5. The average Bonchev–Trinajstić information content (AvgIpc) is 3.12. The van der Waals surface area contributed by atoms with Crippen LogP contribution in [-0.4, -0.2) is 34.7 Å². The van der Waals surface area contributed by atoms with Crippen LogP contribution >= 0.6 is 0 Å². The van der Waals surface area contributed by atoms with Crippen molar-refractivity contribution in [3.05, 3.63) is 72.2 Å². The van der Waals surface area contributed by atoms with E-state index in [0.29, 0.717) is 6.61 Å². The van der Waals surface area contributed by atoms with Crippen LogP contribution < -0.4 is 0 Å². The zero-order valence-corrected chi connectivity index (χ0v) is 13.3. The second kappa shape index (κ2) is 6.95. The number of rotatable bonds is 4. The molecular weight excluding hydrogens is 302 g/mol. The minimum Gasteiger partial charge on any atom is -0.371 e. The van der Waals surface area contributed by atoms with Crippen LogP contribution in [-0.2, 0) is 11.3 Å². The Bertz CT molecular complexity index is 774. The van der Waals surface area contributed by atoms with Crippen LogP contribution in [0.15, 0.2) is 65.4 Å². The fourth-order valence-corrected chi connectivity index (χ4v) is 2.97. The Labute approximate surface area is 140 Å². The van der Waals surface area contributed by atoms with Crippen LogP contribution in [0.2, 0.25) is 0 Å². The summed E-state index contributed by atoms with van der Waals surface area (Å²) in [5.74, 6) is 0.876. The van der Waals surface area contributed by atoms with Gasteiger partial charge in [0.2, 0.25) is 0 Å². The molecule has 3 aromatic rings. The third kappa shape index (κ3) is 3.37. The van der Waals surface area contributed by atoms with Crippen molar-refractivity contribution in [3.8, 4) is 11.3 Å². The number of nitrogens with zero attached hydrogens (tertiary/aromatic N) is 3. The van der Waals surface area contributed by atoms with E-state index >= 15 is 0 Å². The standard InChI is InChI=1S/C19H19N3O2/c1-2-5-15(6-3-1)18-11-17(24-21-18)13-22-9-10-23-19(14-22)16-7-4-8-20-12-16/h1-8,11-12,19H,9-10,13-14H2/t19-/m0/s1. The van der Waals surface area contributed by atoms with Gasteiger partial charge in [-0.25, -0.2) is 0 Å². The topological polar surface area (TPSA) is 51.4 Å². The summed E-state index contributed by atoms with van der Waals surface area (Å²) < 4.78 is 11.4. The van der Waals surface area contributed by atoms with E-state index in [1.165, 1.54) is 0 Å². The van der Waals surface area contributed by atoms with E-state index in [4.69, 9.17) is 9.26 Å². The van der Waals surface area contributed by atoms with Crippen molar-refractivity contribution >= 4 is 0 Å². The molecule has 4 rings (SSSR count). The predicted molar refractivity (Wildman–Crippen MR) is 90.1 cm³/mol. The van der Waals surface area contributed by atoms with Gasteiger partial charge in [-0.3, -0.25) is 9.88 Å². The van der Waals surface area contributed by atoms with Gasteiger partial charge in [-0.05, 0) is 6.07 Å². The molecule has 0 radical (unpaired) electrons. The maximum atomic E-state index is 5.88. The van der Waals surface area contributed by atoms with Crippen molar-refractivity contribution in [1.82, 2.24) is 15.0 Å². The molecule has 5 heteroatoms. The van der Waals surface area contributed by atoms with Crippen LogP contribution in [0, 0.1) is 0 Å². The van der Waals surface area contributed by atoms with Crippen LogP contribution in [0.5, 0.6) is 0 Å². The van der Waals surface area contributed by atoms with Gasteiger partial charge in [-0.1, -0.05) is 41.6 Å². The van der Waals surface area contributed by atoms with E-state index < -0.39 is 0 Å². The van der Waals surface area contributed by atoms with Gasteiger partial charge in [0, 0.05) is 42.7 Å². The predicted octanol–water partition coefficient (Wildman–Crippen LogP) is 3.31. The number of hydrogen-bond donors (Lipinski definition) is 0. The number of ether oxygens (including phenoxy) is 1. The SMILES string of the molecule is c1ccc(-c2cc(CN3CCO[C@H](c4cccnc4)C3)on2)cc1. The van der Waals surface area contributed by atoms with Gasteiger partial charge in [0.1, 0.15) is 5.69 Å². The molecule has 1 fully saturated rings. The quantitative estimate of drug-likeness (QED) is 0.738. The second-order valence-corrected chi connectivity index (χ2v) is 5.93. The molecule has 0 spiro atoms. The maximum Gasteiger partial charge on any atom is 0.151 e. The number of aromatic nitrogens is 2. The molecule has 1 aliphatic rings. The Kier molecular flexibility index (Phi) is 4.36. The third-order valence-electron chi connectivity index (χ3n) is 4.21.